The summed E-state index contributed by atoms with van der Waals surface area (Å²) in [5, 5.41) is 11.4. The second kappa shape index (κ2) is 5.40. The Morgan fingerprint density at radius 3 is 2.75 bits per heavy atom. The summed E-state index contributed by atoms with van der Waals surface area (Å²) in [7, 11) is 0. The summed E-state index contributed by atoms with van der Waals surface area (Å²) in [6, 6.07) is 8.18. The average Bonchev–Trinajstić information content (AvgIpc) is 2.76. The Morgan fingerprint density at radius 2 is 2.06 bits per heavy atom. The minimum atomic E-state index is 0.765. The van der Waals surface area contributed by atoms with Crippen molar-refractivity contribution in [1.29, 1.82) is 0 Å². The normalized spacial score (nSPS) is 10.6. The SMILES string of the molecule is CCNCc1cn(-c2ccc(I)cc2)nn1. The van der Waals surface area contributed by atoms with Gasteiger partial charge in [-0.25, -0.2) is 4.68 Å². The van der Waals surface area contributed by atoms with Crippen LogP contribution < -0.4 is 5.32 Å². The highest BCUT2D eigenvalue weighted by Gasteiger charge is 2.01. The topological polar surface area (TPSA) is 42.7 Å². The van der Waals surface area contributed by atoms with Crippen LogP contribution in [0.5, 0.6) is 0 Å². The summed E-state index contributed by atoms with van der Waals surface area (Å²) >= 11 is 2.28. The maximum absolute atomic E-state index is 4.10. The highest BCUT2D eigenvalue weighted by molar-refractivity contribution is 14.1. The maximum Gasteiger partial charge on any atom is 0.0969 e. The van der Waals surface area contributed by atoms with Crippen molar-refractivity contribution in [3.63, 3.8) is 0 Å². The van der Waals surface area contributed by atoms with Crippen LogP contribution in [0.1, 0.15) is 12.6 Å². The van der Waals surface area contributed by atoms with E-state index in [1.54, 1.807) is 4.68 Å². The van der Waals surface area contributed by atoms with Crippen molar-refractivity contribution in [2.45, 2.75) is 13.5 Å². The predicted molar refractivity (Wildman–Crippen MR) is 71.5 cm³/mol. The molecule has 0 amide bonds. The van der Waals surface area contributed by atoms with Crippen LogP contribution in [-0.2, 0) is 6.54 Å². The smallest absolute Gasteiger partial charge is 0.0969 e. The van der Waals surface area contributed by atoms with Gasteiger partial charge in [-0.2, -0.15) is 0 Å². The molecule has 1 aromatic heterocycles. The quantitative estimate of drug-likeness (QED) is 0.873. The monoisotopic (exact) mass is 328 g/mol. The number of hydrogen-bond acceptors (Lipinski definition) is 3. The van der Waals surface area contributed by atoms with Crippen molar-refractivity contribution in [2.24, 2.45) is 0 Å². The zero-order chi connectivity index (χ0) is 11.4. The molecule has 0 aliphatic heterocycles. The summed E-state index contributed by atoms with van der Waals surface area (Å²) in [6.45, 7) is 3.78. The Morgan fingerprint density at radius 1 is 1.31 bits per heavy atom. The lowest BCUT2D eigenvalue weighted by Gasteiger charge is -1.99. The Balaban J connectivity index is 2.15. The van der Waals surface area contributed by atoms with Gasteiger partial charge in [0.15, 0.2) is 0 Å². The van der Waals surface area contributed by atoms with E-state index >= 15 is 0 Å². The first-order valence-electron chi connectivity index (χ1n) is 5.17. The number of nitrogens with one attached hydrogen (secondary N) is 1. The molecule has 16 heavy (non-hydrogen) atoms. The fraction of sp³-hybridized carbons (Fsp3) is 0.273. The van der Waals surface area contributed by atoms with E-state index in [9.17, 15) is 0 Å². The van der Waals surface area contributed by atoms with Gasteiger partial charge in [0.1, 0.15) is 0 Å². The highest BCUT2D eigenvalue weighted by Crippen LogP contribution is 2.10. The van der Waals surface area contributed by atoms with Crippen molar-refractivity contribution in [1.82, 2.24) is 20.3 Å². The lowest BCUT2D eigenvalue weighted by atomic mass is 10.3. The van der Waals surface area contributed by atoms with E-state index < -0.39 is 0 Å². The van der Waals surface area contributed by atoms with Crippen LogP contribution in [0.2, 0.25) is 0 Å². The Labute approximate surface area is 108 Å². The molecule has 5 heteroatoms. The zero-order valence-corrected chi connectivity index (χ0v) is 11.2. The minimum Gasteiger partial charge on any atom is -0.311 e. The molecule has 84 valence electrons. The molecule has 1 N–H and O–H groups in total. The summed E-state index contributed by atoms with van der Waals surface area (Å²) in [5.41, 5.74) is 2.00. The number of halogens is 1. The van der Waals surface area contributed by atoms with E-state index in [1.807, 2.05) is 18.3 Å². The van der Waals surface area contributed by atoms with Gasteiger partial charge >= 0.3 is 0 Å². The van der Waals surface area contributed by atoms with Crippen LogP contribution >= 0.6 is 22.6 Å². The molecule has 0 aliphatic carbocycles. The van der Waals surface area contributed by atoms with Gasteiger partial charge in [0.25, 0.3) is 0 Å². The Kier molecular flexibility index (Phi) is 3.89. The predicted octanol–water partition coefficient (Wildman–Crippen LogP) is 1.98. The lowest BCUT2D eigenvalue weighted by Crippen LogP contribution is -2.11. The third-order valence-corrected chi connectivity index (χ3v) is 2.91. The molecule has 2 aromatic rings. The van der Waals surface area contributed by atoms with Crippen molar-refractivity contribution in [3.8, 4) is 5.69 Å². The molecule has 0 atom stereocenters. The summed E-state index contributed by atoms with van der Waals surface area (Å²) in [5.74, 6) is 0. The molecule has 0 spiro atoms. The van der Waals surface area contributed by atoms with E-state index in [-0.39, 0.29) is 0 Å². The molecule has 0 aliphatic rings. The second-order valence-electron chi connectivity index (χ2n) is 3.41. The van der Waals surface area contributed by atoms with Gasteiger partial charge in [-0.05, 0) is 53.4 Å². The molecule has 1 aromatic carbocycles. The lowest BCUT2D eigenvalue weighted by molar-refractivity contribution is 0.705. The van der Waals surface area contributed by atoms with Crippen molar-refractivity contribution >= 4 is 22.6 Å². The fourth-order valence-corrected chi connectivity index (χ4v) is 1.71. The number of hydrogen-bond donors (Lipinski definition) is 1. The van der Waals surface area contributed by atoms with Gasteiger partial charge in [0.2, 0.25) is 0 Å². The van der Waals surface area contributed by atoms with Gasteiger partial charge < -0.3 is 5.32 Å². The minimum absolute atomic E-state index is 0.765. The maximum atomic E-state index is 4.10. The van der Waals surface area contributed by atoms with Crippen LogP contribution in [0, 0.1) is 3.57 Å². The van der Waals surface area contributed by atoms with Gasteiger partial charge in [-0.1, -0.05) is 12.1 Å². The Bertz CT molecular complexity index is 449. The number of rotatable bonds is 4. The van der Waals surface area contributed by atoms with Crippen molar-refractivity contribution < 1.29 is 0 Å². The van der Waals surface area contributed by atoms with Crippen molar-refractivity contribution in [3.05, 3.63) is 39.7 Å². The third-order valence-electron chi connectivity index (χ3n) is 2.19. The van der Waals surface area contributed by atoms with E-state index in [0.29, 0.717) is 0 Å². The molecule has 0 bridgehead atoms. The van der Waals surface area contributed by atoms with Gasteiger partial charge in [-0.3, -0.25) is 0 Å². The molecule has 0 unspecified atom stereocenters. The molecule has 0 saturated heterocycles. The zero-order valence-electron chi connectivity index (χ0n) is 9.02. The van der Waals surface area contributed by atoms with Crippen LogP contribution in [0.15, 0.2) is 30.5 Å². The number of benzene rings is 1. The van der Waals surface area contributed by atoms with E-state index in [2.05, 4.69) is 57.3 Å². The fourth-order valence-electron chi connectivity index (χ4n) is 1.35. The molecule has 4 nitrogen and oxygen atoms in total. The first kappa shape index (κ1) is 11.5. The summed E-state index contributed by atoms with van der Waals surface area (Å²) in [6.07, 6.45) is 1.95. The van der Waals surface area contributed by atoms with Crippen LogP contribution in [-0.4, -0.2) is 21.5 Å². The number of nitrogens with zero attached hydrogens (tertiary/aromatic N) is 3. The van der Waals surface area contributed by atoms with E-state index in [0.717, 1.165) is 24.5 Å². The largest absolute Gasteiger partial charge is 0.311 e. The molecule has 0 fully saturated rings. The first-order chi connectivity index (χ1) is 7.79. The molecular weight excluding hydrogens is 315 g/mol. The van der Waals surface area contributed by atoms with Crippen LogP contribution in [0.4, 0.5) is 0 Å². The average molecular weight is 328 g/mol. The summed E-state index contributed by atoms with van der Waals surface area (Å²) < 4.78 is 3.01. The third kappa shape index (κ3) is 2.79. The van der Waals surface area contributed by atoms with Gasteiger partial charge in [-0.15, -0.1) is 5.10 Å². The number of aromatic nitrogens is 3. The summed E-state index contributed by atoms with van der Waals surface area (Å²) in [4.78, 5) is 0. The molecular formula is C11H13IN4. The molecule has 0 radical (unpaired) electrons. The Hall–Kier alpha value is -0.950. The van der Waals surface area contributed by atoms with Crippen molar-refractivity contribution in [2.75, 3.05) is 6.54 Å². The second-order valence-corrected chi connectivity index (χ2v) is 4.66. The standard InChI is InChI=1S/C11H13IN4/c1-2-13-7-10-8-16(15-14-10)11-5-3-9(12)4-6-11/h3-6,8,13H,2,7H2,1H3. The van der Waals surface area contributed by atoms with Gasteiger partial charge in [0.05, 0.1) is 17.6 Å². The van der Waals surface area contributed by atoms with Crippen LogP contribution in [0.3, 0.4) is 0 Å². The first-order valence-corrected chi connectivity index (χ1v) is 6.25. The van der Waals surface area contributed by atoms with Gasteiger partial charge in [0, 0.05) is 10.1 Å². The van der Waals surface area contributed by atoms with Crippen LogP contribution in [0.25, 0.3) is 5.69 Å². The van der Waals surface area contributed by atoms with E-state index in [1.165, 1.54) is 3.57 Å². The van der Waals surface area contributed by atoms with E-state index in [4.69, 9.17) is 0 Å². The molecule has 1 heterocycles. The molecule has 2 rings (SSSR count). The highest BCUT2D eigenvalue weighted by atomic mass is 127. The molecule has 0 saturated carbocycles.